The minimum atomic E-state index is -0.338. The van der Waals surface area contributed by atoms with E-state index in [0.29, 0.717) is 11.6 Å². The van der Waals surface area contributed by atoms with Crippen LogP contribution in [0.3, 0.4) is 0 Å². The first-order valence-corrected chi connectivity index (χ1v) is 9.49. The second kappa shape index (κ2) is 9.77. The number of benzene rings is 2. The second-order valence-corrected chi connectivity index (χ2v) is 6.63. The van der Waals surface area contributed by atoms with Crippen LogP contribution in [0.15, 0.2) is 53.5 Å². The topological polar surface area (TPSA) is 69.2 Å². The molecule has 2 aromatic carbocycles. The van der Waals surface area contributed by atoms with Crippen LogP contribution in [0.1, 0.15) is 0 Å². The van der Waals surface area contributed by atoms with Crippen LogP contribution in [0.25, 0.3) is 0 Å². The van der Waals surface area contributed by atoms with E-state index in [0.717, 1.165) is 37.6 Å². The molecule has 7 nitrogen and oxygen atoms in total. The molecule has 2 N–H and O–H groups in total. The summed E-state index contributed by atoms with van der Waals surface area (Å²) in [6, 6.07) is 13.7. The van der Waals surface area contributed by atoms with E-state index in [1.807, 2.05) is 12.1 Å². The van der Waals surface area contributed by atoms with Crippen LogP contribution in [-0.2, 0) is 4.79 Å². The van der Waals surface area contributed by atoms with Gasteiger partial charge in [0, 0.05) is 44.6 Å². The van der Waals surface area contributed by atoms with Crippen LogP contribution in [0.5, 0.6) is 5.75 Å². The Labute approximate surface area is 170 Å². The Bertz CT molecular complexity index is 831. The van der Waals surface area contributed by atoms with Crippen LogP contribution >= 0.6 is 0 Å². The molecule has 8 heteroatoms. The number of carbonyl (C=O) groups is 1. The zero-order chi connectivity index (χ0) is 20.6. The van der Waals surface area contributed by atoms with Gasteiger partial charge in [-0.05, 0) is 48.5 Å². The van der Waals surface area contributed by atoms with Gasteiger partial charge in [0.2, 0.25) is 5.91 Å². The average Bonchev–Trinajstić information content (AvgIpc) is 2.76. The normalized spacial score (nSPS) is 14.5. The van der Waals surface area contributed by atoms with Gasteiger partial charge in [0.25, 0.3) is 0 Å². The Kier molecular flexibility index (Phi) is 6.89. The highest BCUT2D eigenvalue weighted by Crippen LogP contribution is 2.20. The Morgan fingerprint density at radius 1 is 1.07 bits per heavy atom. The van der Waals surface area contributed by atoms with Crippen molar-refractivity contribution in [3.8, 4) is 5.75 Å². The molecule has 0 aliphatic carbocycles. The number of guanidine groups is 1. The van der Waals surface area contributed by atoms with Gasteiger partial charge >= 0.3 is 0 Å². The SMILES string of the molecule is CN=C(NCC(=O)Nc1ccc(F)cc1)N1CCN(c2ccc(OC)cc2)CC1. The molecule has 0 aromatic heterocycles. The number of nitrogens with one attached hydrogen (secondary N) is 2. The van der Waals surface area contributed by atoms with Gasteiger partial charge in [0.1, 0.15) is 11.6 Å². The number of amides is 1. The summed E-state index contributed by atoms with van der Waals surface area (Å²) in [5.41, 5.74) is 1.72. The first kappa shape index (κ1) is 20.4. The molecule has 0 spiro atoms. The summed E-state index contributed by atoms with van der Waals surface area (Å²) in [5.74, 6) is 0.981. The van der Waals surface area contributed by atoms with E-state index >= 15 is 0 Å². The number of halogens is 1. The lowest BCUT2D eigenvalue weighted by Crippen LogP contribution is -2.53. The van der Waals surface area contributed by atoms with Gasteiger partial charge in [-0.3, -0.25) is 9.79 Å². The van der Waals surface area contributed by atoms with Crippen LogP contribution in [0.2, 0.25) is 0 Å². The molecule has 0 saturated carbocycles. The molecule has 0 atom stereocenters. The summed E-state index contributed by atoms with van der Waals surface area (Å²) in [7, 11) is 3.36. The lowest BCUT2D eigenvalue weighted by Gasteiger charge is -2.37. The zero-order valence-corrected chi connectivity index (χ0v) is 16.7. The fraction of sp³-hybridized carbons (Fsp3) is 0.333. The first-order valence-electron chi connectivity index (χ1n) is 9.49. The van der Waals surface area contributed by atoms with E-state index in [9.17, 15) is 9.18 Å². The number of ether oxygens (including phenoxy) is 1. The van der Waals surface area contributed by atoms with E-state index in [-0.39, 0.29) is 18.3 Å². The molecule has 1 aliphatic heterocycles. The third kappa shape index (κ3) is 5.60. The molecule has 1 saturated heterocycles. The number of hydrogen-bond donors (Lipinski definition) is 2. The fourth-order valence-corrected chi connectivity index (χ4v) is 3.20. The highest BCUT2D eigenvalue weighted by atomic mass is 19.1. The number of nitrogens with zero attached hydrogens (tertiary/aromatic N) is 3. The van der Waals surface area contributed by atoms with E-state index in [4.69, 9.17) is 4.74 Å². The molecule has 0 bridgehead atoms. The monoisotopic (exact) mass is 399 g/mol. The molecular formula is C21H26FN5O2. The highest BCUT2D eigenvalue weighted by molar-refractivity contribution is 5.95. The van der Waals surface area contributed by atoms with Gasteiger partial charge in [-0.25, -0.2) is 4.39 Å². The van der Waals surface area contributed by atoms with Gasteiger partial charge < -0.3 is 25.2 Å². The summed E-state index contributed by atoms with van der Waals surface area (Å²) in [6.45, 7) is 3.39. The lowest BCUT2D eigenvalue weighted by atomic mass is 10.2. The molecule has 1 heterocycles. The maximum absolute atomic E-state index is 12.9. The third-order valence-electron chi connectivity index (χ3n) is 4.76. The Morgan fingerprint density at radius 2 is 1.72 bits per heavy atom. The minimum Gasteiger partial charge on any atom is -0.497 e. The summed E-state index contributed by atoms with van der Waals surface area (Å²) in [5, 5.41) is 5.82. The van der Waals surface area contributed by atoms with Gasteiger partial charge in [0.15, 0.2) is 5.96 Å². The van der Waals surface area contributed by atoms with Crippen molar-refractivity contribution >= 4 is 23.2 Å². The van der Waals surface area contributed by atoms with E-state index in [1.54, 1.807) is 14.2 Å². The summed E-state index contributed by atoms with van der Waals surface area (Å²) < 4.78 is 18.2. The number of piperazine rings is 1. The van der Waals surface area contributed by atoms with E-state index < -0.39 is 0 Å². The molecule has 2 aromatic rings. The smallest absolute Gasteiger partial charge is 0.243 e. The second-order valence-electron chi connectivity index (χ2n) is 6.63. The molecule has 1 amide bonds. The van der Waals surface area contributed by atoms with Crippen molar-refractivity contribution in [2.75, 3.05) is 57.1 Å². The predicted octanol–water partition coefficient (Wildman–Crippen LogP) is 2.17. The van der Waals surface area contributed by atoms with Gasteiger partial charge in [-0.15, -0.1) is 0 Å². The maximum Gasteiger partial charge on any atom is 0.243 e. The van der Waals surface area contributed by atoms with Crippen LogP contribution in [0, 0.1) is 5.82 Å². The standard InChI is InChI=1S/C21H26FN5O2/c1-23-21(24-15-20(28)25-17-5-3-16(22)4-6-17)27-13-11-26(12-14-27)18-7-9-19(29-2)10-8-18/h3-10H,11-15H2,1-2H3,(H,23,24)(H,25,28). The summed E-state index contributed by atoms with van der Waals surface area (Å²) >= 11 is 0. The molecule has 29 heavy (non-hydrogen) atoms. The number of carbonyl (C=O) groups excluding carboxylic acids is 1. The van der Waals surface area contributed by atoms with Crippen molar-refractivity contribution in [2.45, 2.75) is 0 Å². The maximum atomic E-state index is 12.9. The van der Waals surface area contributed by atoms with Crippen molar-refractivity contribution < 1.29 is 13.9 Å². The van der Waals surface area contributed by atoms with Crippen molar-refractivity contribution in [2.24, 2.45) is 4.99 Å². The van der Waals surface area contributed by atoms with E-state index in [2.05, 4.69) is 37.6 Å². The molecule has 3 rings (SSSR count). The molecule has 154 valence electrons. The van der Waals surface area contributed by atoms with Gasteiger partial charge in [0.05, 0.1) is 13.7 Å². The molecular weight excluding hydrogens is 373 g/mol. The quantitative estimate of drug-likeness (QED) is 0.596. The van der Waals surface area contributed by atoms with Crippen molar-refractivity contribution in [3.63, 3.8) is 0 Å². The van der Waals surface area contributed by atoms with Crippen molar-refractivity contribution in [3.05, 3.63) is 54.3 Å². The molecule has 0 radical (unpaired) electrons. The zero-order valence-electron chi connectivity index (χ0n) is 16.7. The van der Waals surface area contributed by atoms with Crippen LogP contribution < -0.4 is 20.3 Å². The summed E-state index contributed by atoms with van der Waals surface area (Å²) in [6.07, 6.45) is 0. The number of aliphatic imine (C=N–C) groups is 1. The third-order valence-corrected chi connectivity index (χ3v) is 4.76. The Morgan fingerprint density at radius 3 is 2.31 bits per heavy atom. The molecule has 1 aliphatic rings. The number of hydrogen-bond acceptors (Lipinski definition) is 4. The van der Waals surface area contributed by atoms with Gasteiger partial charge in [-0.2, -0.15) is 0 Å². The molecule has 0 unspecified atom stereocenters. The lowest BCUT2D eigenvalue weighted by molar-refractivity contribution is -0.115. The molecule has 1 fully saturated rings. The Hall–Kier alpha value is -3.29. The largest absolute Gasteiger partial charge is 0.497 e. The van der Waals surface area contributed by atoms with Crippen molar-refractivity contribution in [1.29, 1.82) is 0 Å². The van der Waals surface area contributed by atoms with Crippen LogP contribution in [0.4, 0.5) is 15.8 Å². The van der Waals surface area contributed by atoms with Crippen molar-refractivity contribution in [1.82, 2.24) is 10.2 Å². The minimum absolute atomic E-state index is 0.0861. The van der Waals surface area contributed by atoms with E-state index in [1.165, 1.54) is 24.3 Å². The predicted molar refractivity (Wildman–Crippen MR) is 113 cm³/mol. The summed E-state index contributed by atoms with van der Waals surface area (Å²) in [4.78, 5) is 20.9. The Balaban J connectivity index is 1.47. The fourth-order valence-electron chi connectivity index (χ4n) is 3.20. The highest BCUT2D eigenvalue weighted by Gasteiger charge is 2.20. The average molecular weight is 399 g/mol. The van der Waals surface area contributed by atoms with Crippen LogP contribution in [-0.4, -0.2) is 63.6 Å². The number of anilines is 2. The first-order chi connectivity index (χ1) is 14.1. The van der Waals surface area contributed by atoms with Gasteiger partial charge in [-0.1, -0.05) is 0 Å². The number of rotatable bonds is 5. The number of methoxy groups -OCH3 is 1.